The zero-order chi connectivity index (χ0) is 10.8. The number of rotatable bonds is 1. The second-order valence-electron chi connectivity index (χ2n) is 2.99. The summed E-state index contributed by atoms with van der Waals surface area (Å²) in [6.07, 6.45) is 0. The number of benzene rings is 1. The summed E-state index contributed by atoms with van der Waals surface area (Å²) in [5.41, 5.74) is 1.02. The van der Waals surface area contributed by atoms with Gasteiger partial charge < -0.3 is 10.1 Å². The van der Waals surface area contributed by atoms with Crippen LogP contribution in [0.5, 0.6) is 0 Å². The second-order valence-corrected chi connectivity index (χ2v) is 2.99. The van der Waals surface area contributed by atoms with E-state index in [0.717, 1.165) is 0 Å². The first kappa shape index (κ1) is 9.45. The first-order valence-electron chi connectivity index (χ1n) is 4.35. The minimum absolute atomic E-state index is 0.0337. The monoisotopic (exact) mass is 207 g/mol. The van der Waals surface area contributed by atoms with E-state index in [4.69, 9.17) is 4.74 Å². The van der Waals surface area contributed by atoms with E-state index in [1.165, 1.54) is 13.2 Å². The number of nitro benzene ring substituents is 1. The second kappa shape index (κ2) is 3.56. The molecule has 1 N–H and O–H groups in total. The van der Waals surface area contributed by atoms with Crippen LogP contribution in [0.1, 0.15) is 0 Å². The van der Waals surface area contributed by atoms with E-state index in [-0.39, 0.29) is 5.69 Å². The number of ether oxygens (including phenoxy) is 1. The van der Waals surface area contributed by atoms with Crippen molar-refractivity contribution in [1.82, 2.24) is 0 Å². The quantitative estimate of drug-likeness (QED) is 0.561. The Kier molecular flexibility index (Phi) is 2.24. The summed E-state index contributed by atoms with van der Waals surface area (Å²) in [4.78, 5) is 14.4. The van der Waals surface area contributed by atoms with Crippen LogP contribution < -0.4 is 5.32 Å². The first-order chi connectivity index (χ1) is 7.22. The van der Waals surface area contributed by atoms with E-state index in [9.17, 15) is 10.1 Å². The van der Waals surface area contributed by atoms with Crippen molar-refractivity contribution < 1.29 is 9.66 Å². The van der Waals surface area contributed by atoms with Gasteiger partial charge in [-0.25, -0.2) is 4.99 Å². The number of nitrogens with zero attached hydrogens (tertiary/aromatic N) is 2. The van der Waals surface area contributed by atoms with E-state index >= 15 is 0 Å². The van der Waals surface area contributed by atoms with Gasteiger partial charge in [-0.05, 0) is 6.07 Å². The third kappa shape index (κ3) is 1.61. The van der Waals surface area contributed by atoms with Gasteiger partial charge in [0.2, 0.25) is 5.90 Å². The maximum atomic E-state index is 10.7. The van der Waals surface area contributed by atoms with Crippen molar-refractivity contribution in [2.75, 3.05) is 19.0 Å². The fourth-order valence-electron chi connectivity index (χ4n) is 1.41. The Hall–Kier alpha value is -2.11. The lowest BCUT2D eigenvalue weighted by molar-refractivity contribution is -0.383. The van der Waals surface area contributed by atoms with Crippen LogP contribution in [-0.4, -0.2) is 24.5 Å². The van der Waals surface area contributed by atoms with E-state index < -0.39 is 4.92 Å². The molecule has 15 heavy (non-hydrogen) atoms. The Morgan fingerprint density at radius 3 is 3.07 bits per heavy atom. The highest BCUT2D eigenvalue weighted by atomic mass is 16.6. The molecule has 0 spiro atoms. The molecular formula is C9H9N3O3. The molecule has 1 aromatic rings. The summed E-state index contributed by atoms with van der Waals surface area (Å²) in [6, 6.07) is 4.74. The molecular weight excluding hydrogens is 198 g/mol. The van der Waals surface area contributed by atoms with Crippen LogP contribution >= 0.6 is 0 Å². The van der Waals surface area contributed by atoms with Gasteiger partial charge in [0.1, 0.15) is 5.69 Å². The largest absolute Gasteiger partial charge is 0.483 e. The highest BCUT2D eigenvalue weighted by Crippen LogP contribution is 2.36. The molecule has 6 nitrogen and oxygen atoms in total. The molecule has 0 fully saturated rings. The van der Waals surface area contributed by atoms with E-state index in [1.54, 1.807) is 12.1 Å². The van der Waals surface area contributed by atoms with Crippen molar-refractivity contribution in [3.05, 3.63) is 28.3 Å². The molecule has 0 aromatic heterocycles. The third-order valence-electron chi connectivity index (χ3n) is 2.11. The van der Waals surface area contributed by atoms with E-state index in [1.807, 2.05) is 0 Å². The van der Waals surface area contributed by atoms with Crippen molar-refractivity contribution in [3.8, 4) is 0 Å². The van der Waals surface area contributed by atoms with Gasteiger partial charge in [0.05, 0.1) is 24.3 Å². The lowest BCUT2D eigenvalue weighted by atomic mass is 10.2. The highest BCUT2D eigenvalue weighted by molar-refractivity contribution is 5.92. The molecule has 0 bridgehead atoms. The fourth-order valence-corrected chi connectivity index (χ4v) is 1.41. The van der Waals surface area contributed by atoms with Gasteiger partial charge >= 0.3 is 0 Å². The molecule has 1 aliphatic heterocycles. The van der Waals surface area contributed by atoms with Gasteiger partial charge in [0, 0.05) is 6.07 Å². The summed E-state index contributed by atoms with van der Waals surface area (Å²) < 4.78 is 4.97. The van der Waals surface area contributed by atoms with Gasteiger partial charge in [-0.3, -0.25) is 10.1 Å². The fraction of sp³-hybridized carbons (Fsp3) is 0.222. The predicted octanol–water partition coefficient (Wildman–Crippen LogP) is 1.70. The SMILES string of the molecule is COC1=Nc2cccc([N+](=O)[O-])c2NC1. The van der Waals surface area contributed by atoms with Gasteiger partial charge in [-0.2, -0.15) is 0 Å². The number of fused-ring (bicyclic) bond motifs is 1. The number of para-hydroxylation sites is 1. The summed E-state index contributed by atoms with van der Waals surface area (Å²) >= 11 is 0. The number of aliphatic imine (C=N–C) groups is 1. The Morgan fingerprint density at radius 2 is 2.40 bits per heavy atom. The average Bonchev–Trinajstić information content (AvgIpc) is 2.27. The summed E-state index contributed by atoms with van der Waals surface area (Å²) in [7, 11) is 1.52. The molecule has 0 saturated heterocycles. The number of nitro groups is 1. The molecule has 6 heteroatoms. The first-order valence-corrected chi connectivity index (χ1v) is 4.35. The lowest BCUT2D eigenvalue weighted by Crippen LogP contribution is -2.19. The number of methoxy groups -OCH3 is 1. The van der Waals surface area contributed by atoms with Crippen molar-refractivity contribution in [2.45, 2.75) is 0 Å². The van der Waals surface area contributed by atoms with E-state index in [0.29, 0.717) is 23.8 Å². The molecule has 1 aliphatic rings. The van der Waals surface area contributed by atoms with Crippen molar-refractivity contribution in [1.29, 1.82) is 0 Å². The molecule has 1 heterocycles. The summed E-state index contributed by atoms with van der Waals surface area (Å²) in [5.74, 6) is 0.517. The molecule has 2 rings (SSSR count). The normalized spacial score (nSPS) is 13.5. The van der Waals surface area contributed by atoms with Crippen LogP contribution in [0.3, 0.4) is 0 Å². The minimum atomic E-state index is -0.431. The Balaban J connectivity index is 2.51. The molecule has 0 saturated carbocycles. The van der Waals surface area contributed by atoms with Gasteiger partial charge in [0.25, 0.3) is 5.69 Å². The van der Waals surface area contributed by atoms with Crippen LogP contribution in [0.2, 0.25) is 0 Å². The van der Waals surface area contributed by atoms with Crippen molar-refractivity contribution in [3.63, 3.8) is 0 Å². The van der Waals surface area contributed by atoms with Crippen LogP contribution in [0.25, 0.3) is 0 Å². The zero-order valence-electron chi connectivity index (χ0n) is 8.06. The number of nitrogens with one attached hydrogen (secondary N) is 1. The lowest BCUT2D eigenvalue weighted by Gasteiger charge is -2.15. The maximum Gasteiger partial charge on any atom is 0.294 e. The van der Waals surface area contributed by atoms with E-state index in [2.05, 4.69) is 10.3 Å². The van der Waals surface area contributed by atoms with Crippen LogP contribution in [0.4, 0.5) is 17.1 Å². The van der Waals surface area contributed by atoms with Crippen molar-refractivity contribution >= 4 is 23.0 Å². The highest BCUT2D eigenvalue weighted by Gasteiger charge is 2.21. The number of anilines is 1. The van der Waals surface area contributed by atoms with Gasteiger partial charge in [-0.15, -0.1) is 0 Å². The molecule has 0 unspecified atom stereocenters. The maximum absolute atomic E-state index is 10.7. The van der Waals surface area contributed by atoms with Crippen molar-refractivity contribution in [2.24, 2.45) is 4.99 Å². The zero-order valence-corrected chi connectivity index (χ0v) is 8.06. The molecule has 0 radical (unpaired) electrons. The third-order valence-corrected chi connectivity index (χ3v) is 2.11. The molecule has 0 aliphatic carbocycles. The Morgan fingerprint density at radius 1 is 1.60 bits per heavy atom. The topological polar surface area (TPSA) is 76.8 Å². The number of hydrogen-bond acceptors (Lipinski definition) is 5. The molecule has 0 atom stereocenters. The Labute approximate surface area is 85.7 Å². The molecule has 1 aromatic carbocycles. The standard InChI is InChI=1S/C9H9N3O3/c1-15-8-5-10-9-6(11-8)3-2-4-7(9)12(13)14/h2-4,10H,5H2,1H3. The van der Waals surface area contributed by atoms with Crippen LogP contribution in [-0.2, 0) is 4.74 Å². The molecule has 0 amide bonds. The van der Waals surface area contributed by atoms with Gasteiger partial charge in [-0.1, -0.05) is 6.07 Å². The summed E-state index contributed by atoms with van der Waals surface area (Å²) in [5, 5.41) is 13.6. The summed E-state index contributed by atoms with van der Waals surface area (Å²) in [6.45, 7) is 0.369. The smallest absolute Gasteiger partial charge is 0.294 e. The average molecular weight is 207 g/mol. The number of hydrogen-bond donors (Lipinski definition) is 1. The van der Waals surface area contributed by atoms with Gasteiger partial charge in [0.15, 0.2) is 0 Å². The van der Waals surface area contributed by atoms with Crippen LogP contribution in [0.15, 0.2) is 23.2 Å². The van der Waals surface area contributed by atoms with Crippen LogP contribution in [0, 0.1) is 10.1 Å². The minimum Gasteiger partial charge on any atom is -0.483 e. The molecule has 78 valence electrons. The predicted molar refractivity (Wildman–Crippen MR) is 55.7 cm³/mol. The Bertz CT molecular complexity index is 442.